The van der Waals surface area contributed by atoms with Crippen molar-refractivity contribution in [2.45, 2.75) is 56.9 Å². The summed E-state index contributed by atoms with van der Waals surface area (Å²) in [5.41, 5.74) is 5.14. The average Bonchev–Trinajstić information content (AvgIpc) is 3.16. The first-order valence-electron chi connectivity index (χ1n) is 14.3. The van der Waals surface area contributed by atoms with E-state index in [0.29, 0.717) is 28.1 Å². The predicted octanol–water partition coefficient (Wildman–Crippen LogP) is 2.15. The Morgan fingerprint density at radius 1 is 1.27 bits per heavy atom. The zero-order valence-corrected chi connectivity index (χ0v) is 22.0. The number of aryl methyl sites for hydroxylation is 2. The van der Waals surface area contributed by atoms with E-state index >= 15 is 4.39 Å². The van der Waals surface area contributed by atoms with Gasteiger partial charge in [0.2, 0.25) is 5.91 Å². The fourth-order valence-electron chi connectivity index (χ4n) is 5.85. The molecule has 2 amide bonds. The zero-order valence-electron chi connectivity index (χ0n) is 25.0. The minimum Gasteiger partial charge on any atom is -0.453 e. The Hall–Kier alpha value is -4.49. The number of amides is 2. The monoisotopic (exact) mass is 554 g/mol. The van der Waals surface area contributed by atoms with Crippen LogP contribution in [-0.4, -0.2) is 60.2 Å². The molecule has 0 saturated heterocycles. The van der Waals surface area contributed by atoms with Crippen molar-refractivity contribution in [3.63, 3.8) is 0 Å². The fourth-order valence-corrected chi connectivity index (χ4v) is 5.85. The zero-order chi connectivity index (χ0) is 31.0. The number of halogens is 1. The van der Waals surface area contributed by atoms with Crippen LogP contribution in [0.3, 0.4) is 0 Å². The largest absolute Gasteiger partial charge is 0.453 e. The number of nitrogens with zero attached hydrogens (tertiary/aromatic N) is 6. The normalized spacial score (nSPS) is 27.2. The van der Waals surface area contributed by atoms with E-state index in [1.165, 1.54) is 19.4 Å². The van der Waals surface area contributed by atoms with Gasteiger partial charge in [-0.2, -0.15) is 5.10 Å². The number of fused-ring (bicyclic) bond motifs is 2. The Balaban J connectivity index is 1.41. The number of carbonyl (C=O) groups is 2. The lowest BCUT2D eigenvalue weighted by molar-refractivity contribution is -0.123. The molecule has 4 N–H and O–H groups in total. The maximum Gasteiger partial charge on any atom is 0.407 e. The highest BCUT2D eigenvalue weighted by Crippen LogP contribution is 2.50. The molecule has 14 heteroatoms. The molecule has 6 rings (SSSR count). The van der Waals surface area contributed by atoms with E-state index in [-0.39, 0.29) is 35.6 Å². The van der Waals surface area contributed by atoms with Gasteiger partial charge in [0.15, 0.2) is 5.65 Å². The summed E-state index contributed by atoms with van der Waals surface area (Å²) in [4.78, 5) is 46.6. The van der Waals surface area contributed by atoms with Crippen molar-refractivity contribution in [2.24, 2.45) is 18.6 Å². The van der Waals surface area contributed by atoms with Crippen LogP contribution in [0, 0.1) is 12.8 Å². The highest BCUT2D eigenvalue weighted by atomic mass is 19.1. The molecule has 2 fully saturated rings. The first kappa shape index (κ1) is 22.3. The van der Waals surface area contributed by atoms with Crippen LogP contribution in [0.1, 0.15) is 42.0 Å². The lowest BCUT2D eigenvalue weighted by Crippen LogP contribution is -2.36. The van der Waals surface area contributed by atoms with Gasteiger partial charge in [0.05, 0.1) is 36.1 Å². The van der Waals surface area contributed by atoms with E-state index in [1.807, 2.05) is 13.8 Å². The Morgan fingerprint density at radius 2 is 2.05 bits per heavy atom. The second-order valence-corrected chi connectivity index (χ2v) is 10.5. The number of primary amides is 1. The van der Waals surface area contributed by atoms with E-state index in [1.54, 1.807) is 16.8 Å². The molecule has 0 aliphatic heterocycles. The molecule has 4 heterocycles. The van der Waals surface area contributed by atoms with Gasteiger partial charge in [-0.3, -0.25) is 13.9 Å². The molecule has 5 atom stereocenters. The Labute approximate surface area is 231 Å². The van der Waals surface area contributed by atoms with Crippen molar-refractivity contribution >= 4 is 45.7 Å². The van der Waals surface area contributed by atoms with Crippen molar-refractivity contribution < 1.29 is 22.8 Å². The number of pyridine rings is 2. The van der Waals surface area contributed by atoms with E-state index in [2.05, 4.69) is 30.4 Å². The molecule has 2 aliphatic rings. The van der Waals surface area contributed by atoms with Crippen molar-refractivity contribution in [3.8, 4) is 0 Å². The summed E-state index contributed by atoms with van der Waals surface area (Å²) < 4.78 is 47.0. The van der Waals surface area contributed by atoms with Crippen LogP contribution >= 0.6 is 0 Å². The van der Waals surface area contributed by atoms with Crippen molar-refractivity contribution in [1.29, 1.82) is 0 Å². The van der Waals surface area contributed by atoms with Gasteiger partial charge in [-0.1, -0.05) is 6.92 Å². The third kappa shape index (κ3) is 3.80. The van der Waals surface area contributed by atoms with Gasteiger partial charge in [-0.05, 0) is 37.8 Å². The van der Waals surface area contributed by atoms with E-state index in [0.717, 1.165) is 9.95 Å². The van der Waals surface area contributed by atoms with E-state index in [4.69, 9.17) is 9.85 Å². The number of rotatable bonds is 6. The number of anilines is 2. The lowest BCUT2D eigenvalue weighted by atomic mass is 10.2. The molecule has 210 valence electrons. The molecule has 0 bridgehead atoms. The molecule has 40 heavy (non-hydrogen) atoms. The number of alkyl carbamates (subject to hydrolysis) is 1. The number of nitrogens with two attached hydrogens (primary N) is 1. The Bertz CT molecular complexity index is 1850. The summed E-state index contributed by atoms with van der Waals surface area (Å²) in [5.74, 6) is 0.0478. The third-order valence-corrected chi connectivity index (χ3v) is 8.10. The molecule has 3 unspecified atom stereocenters. The second kappa shape index (κ2) is 9.03. The summed E-state index contributed by atoms with van der Waals surface area (Å²) in [6.45, 7) is 0.871. The maximum atomic E-state index is 15.3. The van der Waals surface area contributed by atoms with Crippen LogP contribution in [0.2, 0.25) is 0 Å². The number of ether oxygens (including phenoxy) is 1. The number of carbonyl (C=O) groups excluding carboxylic acids is 2. The van der Waals surface area contributed by atoms with Gasteiger partial charge in [0.25, 0.3) is 0 Å². The lowest BCUT2D eigenvalue weighted by Gasteiger charge is -2.16. The van der Waals surface area contributed by atoms with E-state index < -0.39 is 48.5 Å². The predicted molar refractivity (Wildman–Crippen MR) is 144 cm³/mol. The Morgan fingerprint density at radius 3 is 2.73 bits per heavy atom. The topological polar surface area (TPSA) is 164 Å². The van der Waals surface area contributed by atoms with Gasteiger partial charge in [0.1, 0.15) is 23.3 Å². The fraction of sp³-hybridized carbons (Fsp3) is 0.462. The first-order chi connectivity index (χ1) is 20.3. The van der Waals surface area contributed by atoms with Crippen LogP contribution in [0.5, 0.6) is 0 Å². The summed E-state index contributed by atoms with van der Waals surface area (Å²) in [7, 11) is 1.19. The molecular formula is C26H30FN9O4. The summed E-state index contributed by atoms with van der Waals surface area (Å²) in [6.07, 6.45) is -0.538. The van der Waals surface area contributed by atoms with Gasteiger partial charge >= 0.3 is 11.8 Å². The SMILES string of the molecule is [2H]C([2H])([2H])n1c(=O)n(C2CC(NC(=O)OC)CC2F)c2cc(Nc3ccc4c(C)nn([C@@]5(C(N)=O)C[C@@H]5C)c4n3)ncc21. The van der Waals surface area contributed by atoms with Gasteiger partial charge in [0, 0.05) is 35.0 Å². The smallest absolute Gasteiger partial charge is 0.407 e. The molecule has 0 spiro atoms. The van der Waals surface area contributed by atoms with Crippen LogP contribution < -0.4 is 22.1 Å². The molecule has 4 aromatic rings. The standard InChI is InChI=1S/C26H30FN9O4/c1-12-10-26(12,23(28)37)36-22-15(13(2)33-36)5-6-20(32-22)31-21-9-18-19(11-29-21)34(3)25(39)35(18)17-8-14(7-16(17)27)30-24(38)40-4/h5-6,9,11-12,14,16-17H,7-8,10H2,1-4H3,(H2,28,37)(H,30,38)(H,29,31,32)/t12-,14?,16?,17?,26-/m0/s1/i3D3. The molecule has 0 radical (unpaired) electrons. The summed E-state index contributed by atoms with van der Waals surface area (Å²) in [6, 6.07) is 3.28. The molecule has 13 nitrogen and oxygen atoms in total. The van der Waals surface area contributed by atoms with Crippen LogP contribution in [0.4, 0.5) is 20.8 Å². The van der Waals surface area contributed by atoms with E-state index in [9.17, 15) is 14.4 Å². The Kier molecular flexibility index (Phi) is 5.04. The summed E-state index contributed by atoms with van der Waals surface area (Å²) >= 11 is 0. The van der Waals surface area contributed by atoms with Gasteiger partial charge in [-0.15, -0.1) is 0 Å². The number of imidazole rings is 1. The first-order valence-corrected chi connectivity index (χ1v) is 12.8. The molecule has 4 aromatic heterocycles. The van der Waals surface area contributed by atoms with Crippen LogP contribution in [0.15, 0.2) is 29.2 Å². The maximum absolute atomic E-state index is 15.3. The van der Waals surface area contributed by atoms with Gasteiger partial charge in [-0.25, -0.2) is 28.6 Å². The average molecular weight is 555 g/mol. The molecule has 0 aromatic carbocycles. The van der Waals surface area contributed by atoms with Crippen molar-refractivity contribution in [3.05, 3.63) is 40.6 Å². The highest BCUT2D eigenvalue weighted by Gasteiger charge is 2.60. The van der Waals surface area contributed by atoms with Crippen LogP contribution in [-0.2, 0) is 22.0 Å². The molecular weight excluding hydrogens is 521 g/mol. The van der Waals surface area contributed by atoms with Gasteiger partial charge < -0.3 is 21.1 Å². The number of alkyl halides is 1. The molecule has 2 saturated carbocycles. The van der Waals surface area contributed by atoms with Crippen molar-refractivity contribution in [1.82, 2.24) is 34.2 Å². The number of aromatic nitrogens is 6. The number of methoxy groups -OCH3 is 1. The number of hydrogen-bond acceptors (Lipinski definition) is 8. The highest BCUT2D eigenvalue weighted by molar-refractivity contribution is 5.90. The van der Waals surface area contributed by atoms with Crippen molar-refractivity contribution in [2.75, 3.05) is 12.4 Å². The molecule has 2 aliphatic carbocycles. The minimum absolute atomic E-state index is 0.00430. The number of hydrogen-bond donors (Lipinski definition) is 3. The number of nitrogens with one attached hydrogen (secondary N) is 2. The minimum atomic E-state index is -2.86. The second-order valence-electron chi connectivity index (χ2n) is 10.5. The van der Waals surface area contributed by atoms with Crippen LogP contribution in [0.25, 0.3) is 22.1 Å². The summed E-state index contributed by atoms with van der Waals surface area (Å²) in [5, 5.41) is 10.9. The quantitative estimate of drug-likeness (QED) is 0.326. The third-order valence-electron chi connectivity index (χ3n) is 8.10.